The zero-order chi connectivity index (χ0) is 13.7. The number of aromatic nitrogens is 1. The van der Waals surface area contributed by atoms with Crippen molar-refractivity contribution >= 4 is 11.5 Å². The Kier molecular flexibility index (Phi) is 4.39. The number of rotatable bonds is 6. The molecule has 3 heteroatoms. The zero-order valence-corrected chi connectivity index (χ0v) is 11.5. The van der Waals surface area contributed by atoms with Crippen molar-refractivity contribution in [1.82, 2.24) is 4.98 Å². The number of benzene rings is 1. The van der Waals surface area contributed by atoms with Crippen molar-refractivity contribution in [3.8, 4) is 0 Å². The fourth-order valence-electron chi connectivity index (χ4n) is 2.17. The molecule has 100 valence electrons. The topological polar surface area (TPSA) is 36.1 Å². The van der Waals surface area contributed by atoms with Crippen molar-refractivity contribution in [3.05, 3.63) is 54.4 Å². The van der Waals surface area contributed by atoms with E-state index in [0.29, 0.717) is 18.2 Å². The second-order valence-corrected chi connectivity index (χ2v) is 4.88. The molecular formula is C16H20N2O. The fraction of sp³-hybridized carbons (Fsp3) is 0.312. The summed E-state index contributed by atoms with van der Waals surface area (Å²) in [5.41, 5.74) is 1.86. The highest BCUT2D eigenvalue weighted by atomic mass is 16.1. The summed E-state index contributed by atoms with van der Waals surface area (Å²) in [4.78, 5) is 17.2. The lowest BCUT2D eigenvalue weighted by Crippen LogP contribution is -2.32. The van der Waals surface area contributed by atoms with E-state index in [1.165, 1.54) is 0 Å². The number of para-hydroxylation sites is 1. The first kappa shape index (κ1) is 13.4. The number of ketones is 1. The molecule has 0 amide bonds. The van der Waals surface area contributed by atoms with Crippen LogP contribution in [-0.4, -0.2) is 23.4 Å². The molecule has 0 saturated heterocycles. The molecule has 3 nitrogen and oxygen atoms in total. The summed E-state index contributed by atoms with van der Waals surface area (Å²) in [6, 6.07) is 14.3. The maximum atomic E-state index is 12.0. The number of hydrogen-bond acceptors (Lipinski definition) is 2. The standard InChI is InChI=1S/C16H20N2O/c1-13(2)18(14-7-4-3-5-8-14)12-10-16(19)15-9-6-11-17-15/h3-9,11,13,17H,10,12H2,1-2H3. The molecule has 2 rings (SSSR count). The van der Waals surface area contributed by atoms with Crippen LogP contribution in [0.15, 0.2) is 48.7 Å². The highest BCUT2D eigenvalue weighted by Crippen LogP contribution is 2.17. The summed E-state index contributed by atoms with van der Waals surface area (Å²) < 4.78 is 0. The van der Waals surface area contributed by atoms with E-state index >= 15 is 0 Å². The smallest absolute Gasteiger partial charge is 0.180 e. The van der Waals surface area contributed by atoms with Gasteiger partial charge in [-0.05, 0) is 38.1 Å². The number of nitrogens with zero attached hydrogens (tertiary/aromatic N) is 1. The monoisotopic (exact) mass is 256 g/mol. The molecular weight excluding hydrogens is 236 g/mol. The Morgan fingerprint density at radius 1 is 1.16 bits per heavy atom. The van der Waals surface area contributed by atoms with Crippen molar-refractivity contribution in [1.29, 1.82) is 0 Å². The number of H-pyrrole nitrogens is 1. The van der Waals surface area contributed by atoms with Gasteiger partial charge in [-0.25, -0.2) is 0 Å². The summed E-state index contributed by atoms with van der Waals surface area (Å²) in [6.45, 7) is 5.03. The Labute approximate surface area is 114 Å². The second-order valence-electron chi connectivity index (χ2n) is 4.88. The summed E-state index contributed by atoms with van der Waals surface area (Å²) in [5.74, 6) is 0.159. The van der Waals surface area contributed by atoms with Gasteiger partial charge in [-0.3, -0.25) is 4.79 Å². The molecule has 1 heterocycles. The van der Waals surface area contributed by atoms with Gasteiger partial charge in [0.15, 0.2) is 5.78 Å². The quantitative estimate of drug-likeness (QED) is 0.803. The van der Waals surface area contributed by atoms with E-state index in [1.807, 2.05) is 30.3 Å². The number of hydrogen-bond donors (Lipinski definition) is 1. The maximum Gasteiger partial charge on any atom is 0.180 e. The normalized spacial score (nSPS) is 10.7. The summed E-state index contributed by atoms with van der Waals surface area (Å²) >= 11 is 0. The predicted octanol–water partition coefficient (Wildman–Crippen LogP) is 3.50. The van der Waals surface area contributed by atoms with Gasteiger partial charge in [-0.15, -0.1) is 0 Å². The minimum atomic E-state index is 0.159. The minimum Gasteiger partial charge on any atom is -0.369 e. The van der Waals surface area contributed by atoms with Gasteiger partial charge in [0.1, 0.15) is 0 Å². The maximum absolute atomic E-state index is 12.0. The molecule has 0 bridgehead atoms. The molecule has 0 unspecified atom stereocenters. The first-order valence-corrected chi connectivity index (χ1v) is 6.67. The first-order valence-electron chi connectivity index (χ1n) is 6.67. The Hall–Kier alpha value is -2.03. The lowest BCUT2D eigenvalue weighted by Gasteiger charge is -2.28. The highest BCUT2D eigenvalue weighted by Gasteiger charge is 2.13. The third-order valence-electron chi connectivity index (χ3n) is 3.19. The van der Waals surface area contributed by atoms with Crippen molar-refractivity contribution in [2.45, 2.75) is 26.3 Å². The van der Waals surface area contributed by atoms with Crippen LogP contribution in [-0.2, 0) is 0 Å². The Balaban J connectivity index is 2.01. The third kappa shape index (κ3) is 3.47. The van der Waals surface area contributed by atoms with Crippen LogP contribution < -0.4 is 4.90 Å². The van der Waals surface area contributed by atoms with Crippen LogP contribution in [0.1, 0.15) is 30.8 Å². The molecule has 0 radical (unpaired) electrons. The van der Waals surface area contributed by atoms with Gasteiger partial charge in [-0.1, -0.05) is 18.2 Å². The van der Waals surface area contributed by atoms with Crippen molar-refractivity contribution < 1.29 is 4.79 Å². The van der Waals surface area contributed by atoms with Crippen LogP contribution in [0.2, 0.25) is 0 Å². The number of anilines is 1. The van der Waals surface area contributed by atoms with Crippen LogP contribution in [0.3, 0.4) is 0 Å². The van der Waals surface area contributed by atoms with Gasteiger partial charge in [0, 0.05) is 30.9 Å². The molecule has 0 aliphatic heterocycles. The molecule has 0 fully saturated rings. The molecule has 1 aromatic carbocycles. The molecule has 0 aliphatic rings. The van der Waals surface area contributed by atoms with Gasteiger partial charge < -0.3 is 9.88 Å². The number of Topliss-reactive ketones (excluding diaryl/α,β-unsaturated/α-hetero) is 1. The van der Waals surface area contributed by atoms with E-state index in [-0.39, 0.29) is 5.78 Å². The third-order valence-corrected chi connectivity index (χ3v) is 3.19. The Morgan fingerprint density at radius 2 is 1.89 bits per heavy atom. The molecule has 1 aromatic heterocycles. The van der Waals surface area contributed by atoms with E-state index in [4.69, 9.17) is 0 Å². The fourth-order valence-corrected chi connectivity index (χ4v) is 2.17. The summed E-state index contributed by atoms with van der Waals surface area (Å²) in [6.07, 6.45) is 2.30. The van der Waals surface area contributed by atoms with E-state index in [1.54, 1.807) is 6.20 Å². The van der Waals surface area contributed by atoms with Crippen molar-refractivity contribution in [3.63, 3.8) is 0 Å². The molecule has 1 N–H and O–H groups in total. The summed E-state index contributed by atoms with van der Waals surface area (Å²) in [5, 5.41) is 0. The molecule has 0 spiro atoms. The number of carbonyl (C=O) groups excluding carboxylic acids is 1. The van der Waals surface area contributed by atoms with Crippen molar-refractivity contribution in [2.75, 3.05) is 11.4 Å². The Morgan fingerprint density at radius 3 is 2.47 bits per heavy atom. The van der Waals surface area contributed by atoms with Crippen LogP contribution in [0.25, 0.3) is 0 Å². The van der Waals surface area contributed by atoms with E-state index in [9.17, 15) is 4.79 Å². The molecule has 0 atom stereocenters. The zero-order valence-electron chi connectivity index (χ0n) is 11.5. The van der Waals surface area contributed by atoms with Crippen LogP contribution in [0.5, 0.6) is 0 Å². The van der Waals surface area contributed by atoms with Gasteiger partial charge >= 0.3 is 0 Å². The lowest BCUT2D eigenvalue weighted by molar-refractivity contribution is 0.0980. The second kappa shape index (κ2) is 6.23. The SMILES string of the molecule is CC(C)N(CCC(=O)c1ccc[nH]1)c1ccccc1. The predicted molar refractivity (Wildman–Crippen MR) is 78.7 cm³/mol. The van der Waals surface area contributed by atoms with Gasteiger partial charge in [0.25, 0.3) is 0 Å². The lowest BCUT2D eigenvalue weighted by atomic mass is 10.1. The number of aromatic amines is 1. The largest absolute Gasteiger partial charge is 0.369 e. The minimum absolute atomic E-state index is 0.159. The van der Waals surface area contributed by atoms with Gasteiger partial charge in [0.05, 0.1) is 5.69 Å². The van der Waals surface area contributed by atoms with Crippen LogP contribution in [0.4, 0.5) is 5.69 Å². The number of nitrogens with one attached hydrogen (secondary N) is 1. The molecule has 0 aliphatic carbocycles. The average Bonchev–Trinajstić information content (AvgIpc) is 2.93. The van der Waals surface area contributed by atoms with Crippen LogP contribution >= 0.6 is 0 Å². The molecule has 19 heavy (non-hydrogen) atoms. The molecule has 2 aromatic rings. The summed E-state index contributed by atoms with van der Waals surface area (Å²) in [7, 11) is 0. The average molecular weight is 256 g/mol. The van der Waals surface area contributed by atoms with Gasteiger partial charge in [0.2, 0.25) is 0 Å². The van der Waals surface area contributed by atoms with E-state index in [0.717, 1.165) is 12.2 Å². The van der Waals surface area contributed by atoms with E-state index in [2.05, 4.69) is 35.9 Å². The van der Waals surface area contributed by atoms with Gasteiger partial charge in [-0.2, -0.15) is 0 Å². The highest BCUT2D eigenvalue weighted by molar-refractivity contribution is 5.94. The van der Waals surface area contributed by atoms with Crippen molar-refractivity contribution in [2.24, 2.45) is 0 Å². The Bertz CT molecular complexity index is 503. The molecule has 0 saturated carbocycles. The first-order chi connectivity index (χ1) is 9.18. The number of carbonyl (C=O) groups is 1. The van der Waals surface area contributed by atoms with Crippen LogP contribution in [0, 0.1) is 0 Å². The van der Waals surface area contributed by atoms with E-state index < -0.39 is 0 Å².